The molecule has 82 valence electrons. The number of thiophene rings is 1. The summed E-state index contributed by atoms with van der Waals surface area (Å²) in [6.07, 6.45) is 5.85. The first kappa shape index (κ1) is 9.67. The molecule has 3 heteroatoms. The van der Waals surface area contributed by atoms with Crippen LogP contribution in [0.25, 0.3) is 0 Å². The number of rotatable bonds is 5. The van der Waals surface area contributed by atoms with Gasteiger partial charge in [0, 0.05) is 23.7 Å². The largest absolute Gasteiger partial charge is 0.398 e. The Morgan fingerprint density at radius 3 is 2.80 bits per heavy atom. The average molecular weight is 222 g/mol. The third-order valence-electron chi connectivity index (χ3n) is 3.88. The molecule has 0 aliphatic heterocycles. The van der Waals surface area contributed by atoms with E-state index >= 15 is 0 Å². The SMILES string of the molecule is Nc1ccsc1CNCC1(C2CC2)CC1. The van der Waals surface area contributed by atoms with Crippen LogP contribution >= 0.6 is 11.3 Å². The lowest BCUT2D eigenvalue weighted by molar-refractivity contribution is 0.404. The highest BCUT2D eigenvalue weighted by Crippen LogP contribution is 2.60. The van der Waals surface area contributed by atoms with Gasteiger partial charge in [-0.1, -0.05) is 0 Å². The molecule has 0 radical (unpaired) electrons. The number of nitrogens with two attached hydrogens (primary N) is 1. The van der Waals surface area contributed by atoms with Crippen LogP contribution in [0.2, 0.25) is 0 Å². The topological polar surface area (TPSA) is 38.0 Å². The van der Waals surface area contributed by atoms with E-state index in [1.54, 1.807) is 11.3 Å². The number of nitrogen functional groups attached to an aromatic ring is 1. The van der Waals surface area contributed by atoms with Crippen LogP contribution in [-0.4, -0.2) is 6.54 Å². The van der Waals surface area contributed by atoms with Gasteiger partial charge in [0.1, 0.15) is 0 Å². The van der Waals surface area contributed by atoms with Crippen molar-refractivity contribution in [3.05, 3.63) is 16.3 Å². The Morgan fingerprint density at radius 2 is 2.27 bits per heavy atom. The third-order valence-corrected chi connectivity index (χ3v) is 4.81. The van der Waals surface area contributed by atoms with Crippen molar-refractivity contribution in [2.24, 2.45) is 11.3 Å². The van der Waals surface area contributed by atoms with Crippen molar-refractivity contribution in [1.29, 1.82) is 0 Å². The highest BCUT2D eigenvalue weighted by Gasteiger charge is 2.53. The Labute approximate surface area is 94.9 Å². The minimum absolute atomic E-state index is 0.700. The van der Waals surface area contributed by atoms with Gasteiger partial charge in [0.15, 0.2) is 0 Å². The smallest absolute Gasteiger partial charge is 0.0468 e. The van der Waals surface area contributed by atoms with E-state index in [-0.39, 0.29) is 0 Å². The second-order valence-corrected chi connectivity index (χ2v) is 6.04. The van der Waals surface area contributed by atoms with Crippen LogP contribution in [0.5, 0.6) is 0 Å². The van der Waals surface area contributed by atoms with Gasteiger partial charge in [-0.05, 0) is 48.5 Å². The molecule has 15 heavy (non-hydrogen) atoms. The molecule has 2 nitrogen and oxygen atoms in total. The number of anilines is 1. The van der Waals surface area contributed by atoms with E-state index in [1.807, 2.05) is 6.07 Å². The molecule has 1 aromatic rings. The standard InChI is InChI=1S/C12H18N2S/c13-10-3-6-15-11(10)7-14-8-12(4-5-12)9-1-2-9/h3,6,9,14H,1-2,4-5,7-8,13H2. The zero-order valence-corrected chi connectivity index (χ0v) is 9.78. The monoisotopic (exact) mass is 222 g/mol. The van der Waals surface area contributed by atoms with Gasteiger partial charge in [0.2, 0.25) is 0 Å². The van der Waals surface area contributed by atoms with Crippen LogP contribution in [0, 0.1) is 11.3 Å². The molecule has 0 aromatic carbocycles. The minimum Gasteiger partial charge on any atom is -0.398 e. The van der Waals surface area contributed by atoms with Gasteiger partial charge in [0.05, 0.1) is 0 Å². The van der Waals surface area contributed by atoms with E-state index in [0.29, 0.717) is 5.41 Å². The van der Waals surface area contributed by atoms with Crippen LogP contribution in [0.3, 0.4) is 0 Å². The van der Waals surface area contributed by atoms with Gasteiger partial charge in [-0.25, -0.2) is 0 Å². The Balaban J connectivity index is 1.49. The minimum atomic E-state index is 0.700. The van der Waals surface area contributed by atoms with Crippen LogP contribution in [0.4, 0.5) is 5.69 Å². The van der Waals surface area contributed by atoms with E-state index in [4.69, 9.17) is 5.73 Å². The van der Waals surface area contributed by atoms with Crippen LogP contribution < -0.4 is 11.1 Å². The fourth-order valence-electron chi connectivity index (χ4n) is 2.50. The van der Waals surface area contributed by atoms with Gasteiger partial charge in [-0.15, -0.1) is 11.3 Å². The first-order valence-electron chi connectivity index (χ1n) is 5.83. The second-order valence-electron chi connectivity index (χ2n) is 5.04. The van der Waals surface area contributed by atoms with E-state index in [9.17, 15) is 0 Å². The Bertz CT molecular complexity index is 350. The summed E-state index contributed by atoms with van der Waals surface area (Å²) in [7, 11) is 0. The molecule has 1 aromatic heterocycles. The molecule has 3 N–H and O–H groups in total. The van der Waals surface area contributed by atoms with E-state index in [0.717, 1.165) is 18.2 Å². The van der Waals surface area contributed by atoms with E-state index in [2.05, 4.69) is 10.7 Å². The van der Waals surface area contributed by atoms with Gasteiger partial charge < -0.3 is 11.1 Å². The Hall–Kier alpha value is -0.540. The maximum atomic E-state index is 5.85. The summed E-state index contributed by atoms with van der Waals surface area (Å²) in [5, 5.41) is 5.65. The lowest BCUT2D eigenvalue weighted by Gasteiger charge is -2.14. The van der Waals surface area contributed by atoms with Crippen LogP contribution in [-0.2, 0) is 6.54 Å². The molecule has 0 bridgehead atoms. The highest BCUT2D eigenvalue weighted by molar-refractivity contribution is 7.10. The fraction of sp³-hybridized carbons (Fsp3) is 0.667. The number of hydrogen-bond acceptors (Lipinski definition) is 3. The number of hydrogen-bond donors (Lipinski definition) is 2. The molecule has 1 heterocycles. The summed E-state index contributed by atoms with van der Waals surface area (Å²) in [5.41, 5.74) is 7.50. The van der Waals surface area contributed by atoms with Crippen molar-refractivity contribution in [2.75, 3.05) is 12.3 Å². The van der Waals surface area contributed by atoms with Gasteiger partial charge in [-0.2, -0.15) is 0 Å². The predicted molar refractivity (Wildman–Crippen MR) is 64.8 cm³/mol. The highest BCUT2D eigenvalue weighted by atomic mass is 32.1. The van der Waals surface area contributed by atoms with Gasteiger partial charge in [-0.3, -0.25) is 0 Å². The van der Waals surface area contributed by atoms with Crippen molar-refractivity contribution < 1.29 is 0 Å². The Kier molecular flexibility index (Phi) is 2.25. The molecular formula is C12H18N2S. The molecule has 2 saturated carbocycles. The molecule has 2 fully saturated rings. The van der Waals surface area contributed by atoms with E-state index < -0.39 is 0 Å². The molecular weight excluding hydrogens is 204 g/mol. The fourth-order valence-corrected chi connectivity index (χ4v) is 3.27. The summed E-state index contributed by atoms with van der Waals surface area (Å²) in [5.74, 6) is 1.05. The number of nitrogens with one attached hydrogen (secondary N) is 1. The molecule has 0 saturated heterocycles. The van der Waals surface area contributed by atoms with Crippen molar-refractivity contribution >= 4 is 17.0 Å². The lowest BCUT2D eigenvalue weighted by Crippen LogP contribution is -2.24. The van der Waals surface area contributed by atoms with Gasteiger partial charge in [0.25, 0.3) is 0 Å². The second kappa shape index (κ2) is 3.49. The molecule has 0 unspecified atom stereocenters. The molecule has 2 aliphatic carbocycles. The first-order chi connectivity index (χ1) is 7.30. The van der Waals surface area contributed by atoms with Crippen molar-refractivity contribution in [3.63, 3.8) is 0 Å². The quantitative estimate of drug-likeness (QED) is 0.803. The van der Waals surface area contributed by atoms with Crippen molar-refractivity contribution in [1.82, 2.24) is 5.32 Å². The zero-order chi connectivity index (χ0) is 10.3. The van der Waals surface area contributed by atoms with Gasteiger partial charge >= 0.3 is 0 Å². The summed E-state index contributed by atoms with van der Waals surface area (Å²) < 4.78 is 0. The summed E-state index contributed by atoms with van der Waals surface area (Å²) >= 11 is 1.76. The van der Waals surface area contributed by atoms with Crippen LogP contribution in [0.15, 0.2) is 11.4 Å². The summed E-state index contributed by atoms with van der Waals surface area (Å²) in [6.45, 7) is 2.16. The first-order valence-corrected chi connectivity index (χ1v) is 6.71. The normalized spacial score (nSPS) is 22.9. The molecule has 3 rings (SSSR count). The average Bonchev–Trinajstić information content (AvgIpc) is 3.10. The van der Waals surface area contributed by atoms with Crippen molar-refractivity contribution in [2.45, 2.75) is 32.2 Å². The van der Waals surface area contributed by atoms with E-state index in [1.165, 1.54) is 37.1 Å². The molecule has 0 atom stereocenters. The predicted octanol–water partition coefficient (Wildman–Crippen LogP) is 2.61. The third kappa shape index (κ3) is 1.91. The maximum Gasteiger partial charge on any atom is 0.0468 e. The molecule has 0 spiro atoms. The maximum absolute atomic E-state index is 5.85. The van der Waals surface area contributed by atoms with Crippen LogP contribution in [0.1, 0.15) is 30.6 Å². The van der Waals surface area contributed by atoms with Crippen molar-refractivity contribution in [3.8, 4) is 0 Å². The summed E-state index contributed by atoms with van der Waals surface area (Å²) in [4.78, 5) is 1.29. The summed E-state index contributed by atoms with van der Waals surface area (Å²) in [6, 6.07) is 2.00. The molecule has 0 amide bonds. The Morgan fingerprint density at radius 1 is 1.47 bits per heavy atom. The molecule has 2 aliphatic rings. The zero-order valence-electron chi connectivity index (χ0n) is 8.96. The lowest BCUT2D eigenvalue weighted by atomic mass is 10.0.